The molecule has 0 atom stereocenters. The van der Waals surface area contributed by atoms with Crippen molar-refractivity contribution in [3.05, 3.63) is 0 Å². The Morgan fingerprint density at radius 1 is 1.06 bits per heavy atom. The van der Waals surface area contributed by atoms with Gasteiger partial charge in [0.05, 0.1) is 13.2 Å². The number of likely N-dealkylation sites (tertiary alicyclic amines) is 1. The van der Waals surface area contributed by atoms with E-state index in [1.54, 1.807) is 0 Å². The second-order valence-corrected chi connectivity index (χ2v) is 4.67. The van der Waals surface area contributed by atoms with E-state index in [4.69, 9.17) is 4.74 Å². The normalized spacial score (nSPS) is 24.3. The maximum atomic E-state index is 12.3. The van der Waals surface area contributed by atoms with Crippen LogP contribution in [-0.4, -0.2) is 67.3 Å². The van der Waals surface area contributed by atoms with Gasteiger partial charge in [0, 0.05) is 32.2 Å². The fourth-order valence-electron chi connectivity index (χ4n) is 2.56. The third-order valence-corrected chi connectivity index (χ3v) is 3.56. The average Bonchev–Trinajstić information content (AvgIpc) is 2.38. The fourth-order valence-corrected chi connectivity index (χ4v) is 2.56. The molecule has 0 bridgehead atoms. The van der Waals surface area contributed by atoms with Gasteiger partial charge in [0.2, 0.25) is 0 Å². The number of morpholine rings is 1. The van der Waals surface area contributed by atoms with Crippen LogP contribution >= 0.6 is 0 Å². The van der Waals surface area contributed by atoms with Crippen LogP contribution in [0.5, 0.6) is 0 Å². The highest BCUT2D eigenvalue weighted by Gasteiger charge is 2.43. The highest BCUT2D eigenvalue weighted by atomic mass is 19.4. The molecule has 2 fully saturated rings. The van der Waals surface area contributed by atoms with E-state index in [2.05, 4.69) is 4.90 Å². The van der Waals surface area contributed by atoms with Crippen LogP contribution in [0.3, 0.4) is 0 Å². The molecule has 0 saturated carbocycles. The molecule has 0 aliphatic carbocycles. The monoisotopic (exact) mass is 266 g/mol. The molecule has 18 heavy (non-hydrogen) atoms. The Morgan fingerprint density at radius 3 is 2.11 bits per heavy atom. The van der Waals surface area contributed by atoms with Crippen molar-refractivity contribution >= 4 is 5.91 Å². The minimum Gasteiger partial charge on any atom is -0.379 e. The van der Waals surface area contributed by atoms with E-state index >= 15 is 0 Å². The third-order valence-electron chi connectivity index (χ3n) is 3.56. The fraction of sp³-hybridized carbons (Fsp3) is 0.909. The highest BCUT2D eigenvalue weighted by Crippen LogP contribution is 2.23. The number of piperidine rings is 1. The van der Waals surface area contributed by atoms with E-state index in [0.29, 0.717) is 26.1 Å². The summed E-state index contributed by atoms with van der Waals surface area (Å²) in [5.41, 5.74) is 0. The number of halogens is 3. The lowest BCUT2D eigenvalue weighted by Gasteiger charge is -2.40. The van der Waals surface area contributed by atoms with Gasteiger partial charge in [-0.15, -0.1) is 0 Å². The lowest BCUT2D eigenvalue weighted by atomic mass is 10.0. The number of alkyl halides is 3. The Kier molecular flexibility index (Phi) is 4.11. The van der Waals surface area contributed by atoms with Crippen LogP contribution in [-0.2, 0) is 9.53 Å². The van der Waals surface area contributed by atoms with Crippen molar-refractivity contribution in [1.29, 1.82) is 0 Å². The zero-order valence-corrected chi connectivity index (χ0v) is 10.1. The quantitative estimate of drug-likeness (QED) is 0.706. The molecule has 1 amide bonds. The Labute approximate surface area is 104 Å². The minimum atomic E-state index is -4.74. The van der Waals surface area contributed by atoms with Crippen LogP contribution in [0.2, 0.25) is 0 Å². The Bertz CT molecular complexity index is 295. The Morgan fingerprint density at radius 2 is 1.61 bits per heavy atom. The zero-order valence-electron chi connectivity index (χ0n) is 10.1. The van der Waals surface area contributed by atoms with E-state index < -0.39 is 12.1 Å². The summed E-state index contributed by atoms with van der Waals surface area (Å²) in [6.07, 6.45) is -3.52. The Hall–Kier alpha value is -0.820. The predicted molar refractivity (Wildman–Crippen MR) is 58.0 cm³/mol. The van der Waals surface area contributed by atoms with Gasteiger partial charge in [-0.3, -0.25) is 9.69 Å². The van der Waals surface area contributed by atoms with Gasteiger partial charge in [0.25, 0.3) is 0 Å². The predicted octanol–water partition coefficient (Wildman–Crippen LogP) is 0.872. The largest absolute Gasteiger partial charge is 0.471 e. The molecule has 0 aromatic rings. The Balaban J connectivity index is 1.82. The SMILES string of the molecule is O=C(N1CCC(N2CCOCC2)CC1)C(F)(F)F. The molecule has 0 spiro atoms. The number of ether oxygens (including phenoxy) is 1. The number of hydrogen-bond donors (Lipinski definition) is 0. The van der Waals surface area contributed by atoms with Gasteiger partial charge in [-0.25, -0.2) is 0 Å². The van der Waals surface area contributed by atoms with Crippen molar-refractivity contribution < 1.29 is 22.7 Å². The number of carbonyl (C=O) groups is 1. The molecule has 0 unspecified atom stereocenters. The summed E-state index contributed by atoms with van der Waals surface area (Å²) in [6, 6.07) is 0.284. The molecule has 2 aliphatic heterocycles. The van der Waals surface area contributed by atoms with Gasteiger partial charge in [-0.2, -0.15) is 13.2 Å². The van der Waals surface area contributed by atoms with E-state index in [1.165, 1.54) is 0 Å². The molecular weight excluding hydrogens is 249 g/mol. The number of hydrogen-bond acceptors (Lipinski definition) is 3. The van der Waals surface area contributed by atoms with E-state index in [1.807, 2.05) is 0 Å². The lowest BCUT2D eigenvalue weighted by Crippen LogP contribution is -2.52. The number of carbonyl (C=O) groups excluding carboxylic acids is 1. The molecule has 0 N–H and O–H groups in total. The summed E-state index contributed by atoms with van der Waals surface area (Å²) in [5, 5.41) is 0. The molecule has 4 nitrogen and oxygen atoms in total. The zero-order chi connectivity index (χ0) is 13.2. The summed E-state index contributed by atoms with van der Waals surface area (Å²) in [6.45, 7) is 3.42. The molecule has 104 valence electrons. The lowest BCUT2D eigenvalue weighted by molar-refractivity contribution is -0.187. The maximum Gasteiger partial charge on any atom is 0.471 e. The van der Waals surface area contributed by atoms with Crippen molar-refractivity contribution in [3.63, 3.8) is 0 Å². The number of nitrogens with zero attached hydrogens (tertiary/aromatic N) is 2. The van der Waals surface area contributed by atoms with Crippen LogP contribution in [0.4, 0.5) is 13.2 Å². The first kappa shape index (κ1) is 13.6. The molecule has 2 heterocycles. The molecule has 7 heteroatoms. The van der Waals surface area contributed by atoms with Crippen LogP contribution in [0.15, 0.2) is 0 Å². The van der Waals surface area contributed by atoms with Crippen LogP contribution in [0, 0.1) is 0 Å². The van der Waals surface area contributed by atoms with Crippen molar-refractivity contribution in [2.45, 2.75) is 25.1 Å². The summed E-state index contributed by atoms with van der Waals surface area (Å²) >= 11 is 0. The first-order valence-corrected chi connectivity index (χ1v) is 6.16. The third kappa shape index (κ3) is 3.14. The average molecular weight is 266 g/mol. The van der Waals surface area contributed by atoms with Crippen LogP contribution in [0.25, 0.3) is 0 Å². The van der Waals surface area contributed by atoms with Crippen molar-refractivity contribution in [1.82, 2.24) is 9.80 Å². The molecule has 2 rings (SSSR count). The van der Waals surface area contributed by atoms with E-state index in [9.17, 15) is 18.0 Å². The van der Waals surface area contributed by atoms with Crippen molar-refractivity contribution in [3.8, 4) is 0 Å². The standard InChI is InChI=1S/C11H17F3N2O2/c12-11(13,14)10(17)16-3-1-9(2-4-16)15-5-7-18-8-6-15/h9H,1-8H2. The summed E-state index contributed by atoms with van der Waals surface area (Å²) in [7, 11) is 0. The molecule has 0 aromatic heterocycles. The van der Waals surface area contributed by atoms with Crippen LogP contribution < -0.4 is 0 Å². The highest BCUT2D eigenvalue weighted by molar-refractivity contribution is 5.81. The van der Waals surface area contributed by atoms with Crippen molar-refractivity contribution in [2.24, 2.45) is 0 Å². The van der Waals surface area contributed by atoms with Gasteiger partial charge >= 0.3 is 12.1 Å². The molecule has 2 aliphatic rings. The van der Waals surface area contributed by atoms with Gasteiger partial charge in [0.1, 0.15) is 0 Å². The molecule has 0 aromatic carbocycles. The van der Waals surface area contributed by atoms with Crippen molar-refractivity contribution in [2.75, 3.05) is 39.4 Å². The van der Waals surface area contributed by atoms with Gasteiger partial charge in [-0.05, 0) is 12.8 Å². The minimum absolute atomic E-state index is 0.195. The number of amides is 1. The van der Waals surface area contributed by atoms with E-state index in [0.717, 1.165) is 18.0 Å². The first-order chi connectivity index (χ1) is 8.48. The van der Waals surface area contributed by atoms with Gasteiger partial charge in [-0.1, -0.05) is 0 Å². The summed E-state index contributed by atoms with van der Waals surface area (Å²) < 4.78 is 42.0. The first-order valence-electron chi connectivity index (χ1n) is 6.16. The number of rotatable bonds is 1. The topological polar surface area (TPSA) is 32.8 Å². The summed E-state index contributed by atoms with van der Waals surface area (Å²) in [4.78, 5) is 14.2. The summed E-state index contributed by atoms with van der Waals surface area (Å²) in [5.74, 6) is -1.71. The second kappa shape index (κ2) is 5.44. The van der Waals surface area contributed by atoms with Gasteiger partial charge < -0.3 is 9.64 Å². The smallest absolute Gasteiger partial charge is 0.379 e. The second-order valence-electron chi connectivity index (χ2n) is 4.67. The van der Waals surface area contributed by atoms with E-state index in [-0.39, 0.29) is 19.1 Å². The maximum absolute atomic E-state index is 12.3. The molecular formula is C11H17F3N2O2. The van der Waals surface area contributed by atoms with Gasteiger partial charge in [0.15, 0.2) is 0 Å². The molecule has 0 radical (unpaired) electrons. The molecule has 2 saturated heterocycles. The van der Waals surface area contributed by atoms with Crippen LogP contribution in [0.1, 0.15) is 12.8 Å².